The molecule has 118 valence electrons. The summed E-state index contributed by atoms with van der Waals surface area (Å²) in [6.07, 6.45) is 0. The van der Waals surface area contributed by atoms with Crippen molar-refractivity contribution in [1.29, 1.82) is 0 Å². The smallest absolute Gasteiger partial charge is 0.274 e. The minimum absolute atomic E-state index is 0.150. The number of nitrogens with zero attached hydrogens (tertiary/aromatic N) is 4. The number of rotatable bonds is 4. The number of hydrogen-bond donors (Lipinski definition) is 0. The van der Waals surface area contributed by atoms with E-state index in [1.165, 1.54) is 0 Å². The Bertz CT molecular complexity index is 820. The molecule has 6 heteroatoms. The lowest BCUT2D eigenvalue weighted by Crippen LogP contribution is -2.26. The first kappa shape index (κ1) is 15.0. The summed E-state index contributed by atoms with van der Waals surface area (Å²) in [6.45, 7) is 4.13. The number of benzene rings is 1. The number of amides is 1. The second-order valence-electron chi connectivity index (χ2n) is 5.51. The third kappa shape index (κ3) is 3.15. The van der Waals surface area contributed by atoms with Crippen molar-refractivity contribution < 1.29 is 9.32 Å². The zero-order valence-corrected chi connectivity index (χ0v) is 13.4. The molecule has 0 aliphatic rings. The van der Waals surface area contributed by atoms with Gasteiger partial charge in [0.15, 0.2) is 5.69 Å². The maximum atomic E-state index is 12.5. The Hall–Kier alpha value is -2.89. The predicted molar refractivity (Wildman–Crippen MR) is 85.3 cm³/mol. The highest BCUT2D eigenvalue weighted by atomic mass is 16.5. The van der Waals surface area contributed by atoms with Crippen molar-refractivity contribution in [3.8, 4) is 5.69 Å². The van der Waals surface area contributed by atoms with E-state index in [1.54, 1.807) is 22.7 Å². The maximum absolute atomic E-state index is 12.5. The summed E-state index contributed by atoms with van der Waals surface area (Å²) in [7, 11) is 1.73. The van der Waals surface area contributed by atoms with Crippen LogP contribution in [0, 0.1) is 13.8 Å². The summed E-state index contributed by atoms with van der Waals surface area (Å²) in [5, 5.41) is 8.34. The fourth-order valence-corrected chi connectivity index (χ4v) is 2.41. The van der Waals surface area contributed by atoms with Gasteiger partial charge in [0.25, 0.3) is 5.91 Å². The van der Waals surface area contributed by atoms with Gasteiger partial charge in [-0.15, -0.1) is 0 Å². The second-order valence-corrected chi connectivity index (χ2v) is 5.51. The third-order valence-corrected chi connectivity index (χ3v) is 3.53. The molecular formula is C17H18N4O2. The van der Waals surface area contributed by atoms with Gasteiger partial charge in [0.2, 0.25) is 0 Å². The molecule has 2 aromatic heterocycles. The molecule has 0 atom stereocenters. The number of para-hydroxylation sites is 1. The van der Waals surface area contributed by atoms with E-state index in [1.807, 2.05) is 50.2 Å². The van der Waals surface area contributed by atoms with Gasteiger partial charge in [-0.1, -0.05) is 23.4 Å². The highest BCUT2D eigenvalue weighted by Crippen LogP contribution is 2.14. The quantitative estimate of drug-likeness (QED) is 0.743. The Morgan fingerprint density at radius 2 is 1.96 bits per heavy atom. The van der Waals surface area contributed by atoms with Crippen LogP contribution >= 0.6 is 0 Å². The first-order valence-corrected chi connectivity index (χ1v) is 7.34. The summed E-state index contributed by atoms with van der Waals surface area (Å²) in [5.41, 5.74) is 2.97. The molecule has 0 fully saturated rings. The lowest BCUT2D eigenvalue weighted by atomic mass is 10.3. The van der Waals surface area contributed by atoms with Crippen LogP contribution in [0.4, 0.5) is 0 Å². The molecular weight excluding hydrogens is 292 g/mol. The largest absolute Gasteiger partial charge is 0.361 e. The molecule has 0 saturated carbocycles. The number of hydrogen-bond acceptors (Lipinski definition) is 4. The van der Waals surface area contributed by atoms with E-state index in [0.29, 0.717) is 12.2 Å². The normalized spacial score (nSPS) is 10.7. The number of carbonyl (C=O) groups is 1. The number of aromatic nitrogens is 3. The van der Waals surface area contributed by atoms with E-state index in [-0.39, 0.29) is 5.91 Å². The molecule has 1 amide bonds. The number of aryl methyl sites for hydroxylation is 2. The summed E-state index contributed by atoms with van der Waals surface area (Å²) < 4.78 is 6.79. The predicted octanol–water partition coefficient (Wildman–Crippen LogP) is 2.75. The molecule has 0 aliphatic heterocycles. The van der Waals surface area contributed by atoms with Gasteiger partial charge in [-0.2, -0.15) is 5.10 Å². The molecule has 0 N–H and O–H groups in total. The molecule has 0 aliphatic carbocycles. The fourth-order valence-electron chi connectivity index (χ4n) is 2.41. The van der Waals surface area contributed by atoms with Gasteiger partial charge in [-0.3, -0.25) is 4.79 Å². The van der Waals surface area contributed by atoms with E-state index < -0.39 is 0 Å². The SMILES string of the molecule is Cc1cc(CN(C)C(=O)c2cc(C)n(-c3ccccc3)n2)no1. The molecule has 0 spiro atoms. The average molecular weight is 310 g/mol. The maximum Gasteiger partial charge on any atom is 0.274 e. The lowest BCUT2D eigenvalue weighted by molar-refractivity contribution is 0.0776. The van der Waals surface area contributed by atoms with Crippen molar-refractivity contribution in [3.05, 3.63) is 65.3 Å². The summed E-state index contributed by atoms with van der Waals surface area (Å²) >= 11 is 0. The molecule has 23 heavy (non-hydrogen) atoms. The van der Waals surface area contributed by atoms with Crippen LogP contribution in [0.15, 0.2) is 47.0 Å². The highest BCUT2D eigenvalue weighted by molar-refractivity contribution is 5.92. The monoisotopic (exact) mass is 310 g/mol. The van der Waals surface area contributed by atoms with Gasteiger partial charge in [0, 0.05) is 18.8 Å². The third-order valence-electron chi connectivity index (χ3n) is 3.53. The van der Waals surface area contributed by atoms with Gasteiger partial charge in [0.1, 0.15) is 11.5 Å². The Morgan fingerprint density at radius 3 is 2.61 bits per heavy atom. The van der Waals surface area contributed by atoms with Crippen molar-refractivity contribution in [3.63, 3.8) is 0 Å². The van der Waals surface area contributed by atoms with Crippen LogP contribution in [0.5, 0.6) is 0 Å². The first-order chi connectivity index (χ1) is 11.0. The van der Waals surface area contributed by atoms with E-state index >= 15 is 0 Å². The van der Waals surface area contributed by atoms with Gasteiger partial charge < -0.3 is 9.42 Å². The number of carbonyl (C=O) groups excluding carboxylic acids is 1. The molecule has 6 nitrogen and oxygen atoms in total. The van der Waals surface area contributed by atoms with Crippen LogP contribution < -0.4 is 0 Å². The van der Waals surface area contributed by atoms with Gasteiger partial charge in [-0.25, -0.2) is 4.68 Å². The molecule has 3 rings (SSSR count). The molecule has 0 unspecified atom stereocenters. The molecule has 1 aromatic carbocycles. The summed E-state index contributed by atoms with van der Waals surface area (Å²) in [4.78, 5) is 14.1. The van der Waals surface area contributed by atoms with Crippen LogP contribution in [0.3, 0.4) is 0 Å². The molecule has 0 bridgehead atoms. The van der Waals surface area contributed by atoms with Crippen molar-refractivity contribution >= 4 is 5.91 Å². The topological polar surface area (TPSA) is 64.2 Å². The summed E-state index contributed by atoms with van der Waals surface area (Å²) in [6, 6.07) is 13.3. The first-order valence-electron chi connectivity index (χ1n) is 7.34. The molecule has 2 heterocycles. The zero-order chi connectivity index (χ0) is 16.4. The minimum Gasteiger partial charge on any atom is -0.361 e. The Kier molecular flexibility index (Phi) is 3.97. The van der Waals surface area contributed by atoms with Gasteiger partial charge >= 0.3 is 0 Å². The van der Waals surface area contributed by atoms with E-state index in [4.69, 9.17) is 4.52 Å². The lowest BCUT2D eigenvalue weighted by Gasteiger charge is -2.13. The summed E-state index contributed by atoms with van der Waals surface area (Å²) in [5.74, 6) is 0.577. The van der Waals surface area contributed by atoms with Crippen LogP contribution in [0.2, 0.25) is 0 Å². The van der Waals surface area contributed by atoms with Crippen LogP contribution in [0.1, 0.15) is 27.6 Å². The standard InChI is InChI=1S/C17H18N4O2/c1-12-9-16(18-21(12)15-7-5-4-6-8-15)17(22)20(3)11-14-10-13(2)23-19-14/h4-10H,11H2,1-3H3. The minimum atomic E-state index is -0.150. The van der Waals surface area contributed by atoms with Gasteiger partial charge in [0.05, 0.1) is 12.2 Å². The van der Waals surface area contributed by atoms with Crippen molar-refractivity contribution in [2.24, 2.45) is 0 Å². The van der Waals surface area contributed by atoms with Crippen LogP contribution in [0.25, 0.3) is 5.69 Å². The Labute approximate surface area is 134 Å². The van der Waals surface area contributed by atoms with E-state index in [0.717, 1.165) is 22.8 Å². The van der Waals surface area contributed by atoms with Crippen molar-refractivity contribution in [2.45, 2.75) is 20.4 Å². The van der Waals surface area contributed by atoms with Crippen LogP contribution in [-0.2, 0) is 6.54 Å². The highest BCUT2D eigenvalue weighted by Gasteiger charge is 2.18. The fraction of sp³-hybridized carbons (Fsp3) is 0.235. The molecule has 0 saturated heterocycles. The Balaban J connectivity index is 1.80. The molecule has 3 aromatic rings. The van der Waals surface area contributed by atoms with Crippen LogP contribution in [-0.4, -0.2) is 32.8 Å². The van der Waals surface area contributed by atoms with E-state index in [2.05, 4.69) is 10.3 Å². The Morgan fingerprint density at radius 1 is 1.22 bits per heavy atom. The van der Waals surface area contributed by atoms with E-state index in [9.17, 15) is 4.79 Å². The second kappa shape index (κ2) is 6.08. The van der Waals surface area contributed by atoms with Crippen molar-refractivity contribution in [1.82, 2.24) is 19.8 Å². The van der Waals surface area contributed by atoms with Gasteiger partial charge in [-0.05, 0) is 32.0 Å². The van der Waals surface area contributed by atoms with Crippen molar-refractivity contribution in [2.75, 3.05) is 7.05 Å². The zero-order valence-electron chi connectivity index (χ0n) is 13.4. The molecule has 0 radical (unpaired) electrons. The average Bonchev–Trinajstić information content (AvgIpc) is 3.13.